The molecule has 0 saturated heterocycles. The van der Waals surface area contributed by atoms with E-state index in [1.54, 1.807) is 0 Å². The maximum atomic E-state index is 12.0. The molecule has 0 aliphatic rings. The van der Waals surface area contributed by atoms with E-state index in [9.17, 15) is 4.79 Å². The summed E-state index contributed by atoms with van der Waals surface area (Å²) in [5.74, 6) is -0.225. The fourth-order valence-corrected chi connectivity index (χ4v) is 13.7. The van der Waals surface area contributed by atoms with Crippen LogP contribution in [0.5, 0.6) is 0 Å². The molecule has 0 unspecified atom stereocenters. The van der Waals surface area contributed by atoms with Crippen molar-refractivity contribution in [1.82, 2.24) is 0 Å². The molecule has 2 nitrogen and oxygen atoms in total. The van der Waals surface area contributed by atoms with E-state index in [0.717, 1.165) is 10.7 Å². The summed E-state index contributed by atoms with van der Waals surface area (Å²) >= 11 is -3.80. The van der Waals surface area contributed by atoms with E-state index in [1.807, 2.05) is 54.6 Å². The monoisotopic (exact) mass is 410 g/mol. The summed E-state index contributed by atoms with van der Waals surface area (Å²) in [6.45, 7) is 1.50. The molecule has 0 amide bonds. The van der Waals surface area contributed by atoms with Gasteiger partial charge in [-0.05, 0) is 0 Å². The third-order valence-electron chi connectivity index (χ3n) is 3.84. The summed E-state index contributed by atoms with van der Waals surface area (Å²) in [6.07, 6.45) is 0. The molecule has 0 spiro atoms. The number of carbonyl (C=O) groups excluding carboxylic acids is 1. The number of carbonyl (C=O) groups is 1. The Bertz CT molecular complexity index is 674. The van der Waals surface area contributed by atoms with Crippen molar-refractivity contribution < 1.29 is 7.87 Å². The first-order chi connectivity index (χ1) is 11.2. The van der Waals surface area contributed by atoms with E-state index in [-0.39, 0.29) is 5.97 Å². The summed E-state index contributed by atoms with van der Waals surface area (Å²) < 4.78 is 9.57. The van der Waals surface area contributed by atoms with Crippen molar-refractivity contribution in [1.29, 1.82) is 0 Å². The van der Waals surface area contributed by atoms with Crippen molar-refractivity contribution in [3.05, 3.63) is 91.0 Å². The van der Waals surface area contributed by atoms with E-state index in [2.05, 4.69) is 36.4 Å². The Labute approximate surface area is 141 Å². The average molecular weight is 409 g/mol. The normalized spacial score (nSPS) is 11.0. The minimum absolute atomic E-state index is 0.225. The zero-order valence-corrected chi connectivity index (χ0v) is 15.8. The standard InChI is InChI=1S/3C6H5.C2H4O2.Sn/c3*1-2-4-6-5-3-1;1-2(3)4;/h3*1-5H;1H3,(H,3,4);/q;;;;+1/p-1. The quantitative estimate of drug-likeness (QED) is 0.619. The molecule has 3 rings (SSSR count). The molecule has 3 aromatic rings. The molecule has 114 valence electrons. The van der Waals surface area contributed by atoms with Gasteiger partial charge in [0.1, 0.15) is 0 Å². The summed E-state index contributed by atoms with van der Waals surface area (Å²) in [5, 5.41) is 0. The van der Waals surface area contributed by atoms with Gasteiger partial charge in [0.15, 0.2) is 0 Å². The van der Waals surface area contributed by atoms with Crippen LogP contribution in [0.4, 0.5) is 0 Å². The van der Waals surface area contributed by atoms with Gasteiger partial charge in [0.05, 0.1) is 0 Å². The van der Waals surface area contributed by atoms with Gasteiger partial charge < -0.3 is 0 Å². The Morgan fingerprint density at radius 1 is 0.652 bits per heavy atom. The first-order valence-corrected chi connectivity index (χ1v) is 13.0. The van der Waals surface area contributed by atoms with E-state index < -0.39 is 18.8 Å². The molecule has 0 aromatic heterocycles. The van der Waals surface area contributed by atoms with Crippen LogP contribution in [0, 0.1) is 0 Å². The molecular formula is C20H18O2Sn. The summed E-state index contributed by atoms with van der Waals surface area (Å²) in [6, 6.07) is 30.5. The van der Waals surface area contributed by atoms with Crippen LogP contribution in [0.2, 0.25) is 0 Å². The molecule has 0 radical (unpaired) electrons. The molecule has 0 aliphatic heterocycles. The molecule has 0 saturated carbocycles. The second-order valence-corrected chi connectivity index (χ2v) is 14.8. The van der Waals surface area contributed by atoms with Gasteiger partial charge in [0, 0.05) is 0 Å². The van der Waals surface area contributed by atoms with Crippen molar-refractivity contribution in [3.8, 4) is 0 Å². The molecular weight excluding hydrogens is 391 g/mol. The molecule has 0 bridgehead atoms. The second kappa shape index (κ2) is 7.00. The van der Waals surface area contributed by atoms with Crippen LogP contribution < -0.4 is 10.7 Å². The van der Waals surface area contributed by atoms with E-state index in [4.69, 9.17) is 3.07 Å². The minimum atomic E-state index is -3.80. The van der Waals surface area contributed by atoms with Gasteiger partial charge in [-0.1, -0.05) is 0 Å². The van der Waals surface area contributed by atoms with Gasteiger partial charge in [-0.25, -0.2) is 0 Å². The van der Waals surface area contributed by atoms with Crippen LogP contribution in [0.25, 0.3) is 0 Å². The summed E-state index contributed by atoms with van der Waals surface area (Å²) in [4.78, 5) is 12.0. The molecule has 0 heterocycles. The third kappa shape index (κ3) is 3.17. The Morgan fingerprint density at radius 3 is 1.22 bits per heavy atom. The van der Waals surface area contributed by atoms with Gasteiger partial charge in [-0.15, -0.1) is 0 Å². The Morgan fingerprint density at radius 2 is 0.957 bits per heavy atom. The number of hydrogen-bond acceptors (Lipinski definition) is 2. The molecule has 3 heteroatoms. The van der Waals surface area contributed by atoms with Crippen LogP contribution in [-0.2, 0) is 7.87 Å². The van der Waals surface area contributed by atoms with Gasteiger partial charge in [-0.3, -0.25) is 0 Å². The fraction of sp³-hybridized carbons (Fsp3) is 0.0500. The number of benzene rings is 3. The van der Waals surface area contributed by atoms with Crippen molar-refractivity contribution >= 4 is 35.5 Å². The topological polar surface area (TPSA) is 26.3 Å². The maximum absolute atomic E-state index is 12.0. The van der Waals surface area contributed by atoms with Crippen molar-refractivity contribution in [3.63, 3.8) is 0 Å². The van der Waals surface area contributed by atoms with Crippen LogP contribution in [0.15, 0.2) is 91.0 Å². The van der Waals surface area contributed by atoms with Crippen LogP contribution in [-0.4, -0.2) is 24.8 Å². The van der Waals surface area contributed by atoms with Gasteiger partial charge in [-0.2, -0.15) is 0 Å². The molecule has 23 heavy (non-hydrogen) atoms. The van der Waals surface area contributed by atoms with Gasteiger partial charge in [0.25, 0.3) is 0 Å². The summed E-state index contributed by atoms with van der Waals surface area (Å²) in [5.41, 5.74) is 0. The predicted molar refractivity (Wildman–Crippen MR) is 95.7 cm³/mol. The van der Waals surface area contributed by atoms with Crippen LogP contribution >= 0.6 is 0 Å². The van der Waals surface area contributed by atoms with Crippen molar-refractivity contribution in [2.75, 3.05) is 0 Å². The summed E-state index contributed by atoms with van der Waals surface area (Å²) in [7, 11) is 0. The van der Waals surface area contributed by atoms with Gasteiger partial charge in [0.2, 0.25) is 0 Å². The van der Waals surface area contributed by atoms with E-state index in [1.165, 1.54) is 6.92 Å². The van der Waals surface area contributed by atoms with Crippen LogP contribution in [0.1, 0.15) is 6.92 Å². The zero-order chi connectivity index (χ0) is 16.1. The molecule has 3 aromatic carbocycles. The van der Waals surface area contributed by atoms with Crippen molar-refractivity contribution in [2.45, 2.75) is 6.92 Å². The zero-order valence-electron chi connectivity index (χ0n) is 13.0. The fourth-order valence-electron chi connectivity index (χ4n) is 2.91. The number of rotatable bonds is 4. The molecule has 0 fully saturated rings. The molecule has 0 N–H and O–H groups in total. The Kier molecular flexibility index (Phi) is 4.81. The SMILES string of the molecule is CC(=O)[O][Sn]([c]1ccccc1)([c]1ccccc1)[c]1ccccc1. The first-order valence-electron chi connectivity index (χ1n) is 7.59. The van der Waals surface area contributed by atoms with Crippen molar-refractivity contribution in [2.24, 2.45) is 0 Å². The molecule has 0 atom stereocenters. The first kappa shape index (κ1) is 15.8. The second-order valence-electron chi connectivity index (χ2n) is 5.37. The predicted octanol–water partition coefficient (Wildman–Crippen LogP) is 2.22. The third-order valence-corrected chi connectivity index (χ3v) is 15.3. The Hall–Kier alpha value is -2.07. The Balaban J connectivity index is 2.32. The average Bonchev–Trinajstić information content (AvgIpc) is 2.62. The van der Waals surface area contributed by atoms with Gasteiger partial charge >= 0.3 is 141 Å². The number of hydrogen-bond donors (Lipinski definition) is 0. The van der Waals surface area contributed by atoms with E-state index in [0.29, 0.717) is 0 Å². The van der Waals surface area contributed by atoms with E-state index >= 15 is 0 Å². The van der Waals surface area contributed by atoms with Crippen LogP contribution in [0.3, 0.4) is 0 Å². The molecule has 0 aliphatic carbocycles.